The standard InChI is InChI=1S/C18H29N/c1-11-9-13(3)15(10-12(11)2)14(4)19-16-17(5,6)18(16,7)8/h9-10,14,16,19H,1-8H3. The van der Waals surface area contributed by atoms with Crippen molar-refractivity contribution in [2.24, 2.45) is 10.8 Å². The van der Waals surface area contributed by atoms with Crippen LogP contribution in [0.3, 0.4) is 0 Å². The van der Waals surface area contributed by atoms with Gasteiger partial charge in [-0.25, -0.2) is 0 Å². The Labute approximate surface area is 118 Å². The van der Waals surface area contributed by atoms with Crippen LogP contribution in [0.1, 0.15) is 62.9 Å². The van der Waals surface area contributed by atoms with Gasteiger partial charge in [0.2, 0.25) is 0 Å². The lowest BCUT2D eigenvalue weighted by atomic mass is 9.96. The summed E-state index contributed by atoms with van der Waals surface area (Å²) in [5.41, 5.74) is 6.43. The third kappa shape index (κ3) is 2.23. The smallest absolute Gasteiger partial charge is 0.0297 e. The summed E-state index contributed by atoms with van der Waals surface area (Å²) in [5.74, 6) is 0. The fraction of sp³-hybridized carbons (Fsp3) is 0.667. The first-order valence-corrected chi connectivity index (χ1v) is 7.43. The Balaban J connectivity index is 2.18. The van der Waals surface area contributed by atoms with E-state index < -0.39 is 0 Å². The molecular formula is C18H29N. The predicted octanol–water partition coefficient (Wildman–Crippen LogP) is 4.70. The molecule has 1 aromatic carbocycles. The van der Waals surface area contributed by atoms with Gasteiger partial charge < -0.3 is 5.32 Å². The third-order valence-corrected chi connectivity index (χ3v) is 5.79. The molecule has 0 bridgehead atoms. The van der Waals surface area contributed by atoms with E-state index in [1.54, 1.807) is 0 Å². The summed E-state index contributed by atoms with van der Waals surface area (Å²) in [6.45, 7) is 18.4. The molecule has 0 heterocycles. The molecular weight excluding hydrogens is 230 g/mol. The van der Waals surface area contributed by atoms with E-state index in [4.69, 9.17) is 0 Å². The number of aryl methyl sites for hydroxylation is 3. The van der Waals surface area contributed by atoms with Crippen molar-refractivity contribution >= 4 is 0 Å². The van der Waals surface area contributed by atoms with Crippen molar-refractivity contribution in [2.45, 2.75) is 67.5 Å². The molecule has 1 N–H and O–H groups in total. The zero-order chi connectivity index (χ0) is 14.6. The Kier molecular flexibility index (Phi) is 3.33. The average Bonchev–Trinajstić information content (AvgIpc) is 2.66. The second kappa shape index (κ2) is 4.34. The van der Waals surface area contributed by atoms with Gasteiger partial charge in [-0.1, -0.05) is 39.8 Å². The van der Waals surface area contributed by atoms with Crippen LogP contribution in [0.2, 0.25) is 0 Å². The van der Waals surface area contributed by atoms with Crippen LogP contribution in [0.5, 0.6) is 0 Å². The minimum absolute atomic E-state index is 0.398. The minimum Gasteiger partial charge on any atom is -0.306 e. The van der Waals surface area contributed by atoms with Crippen LogP contribution in [-0.4, -0.2) is 6.04 Å². The molecule has 19 heavy (non-hydrogen) atoms. The van der Waals surface area contributed by atoms with Crippen molar-refractivity contribution in [3.05, 3.63) is 34.4 Å². The Bertz CT molecular complexity index is 483. The van der Waals surface area contributed by atoms with Crippen LogP contribution in [0.4, 0.5) is 0 Å². The van der Waals surface area contributed by atoms with Gasteiger partial charge in [0.05, 0.1) is 0 Å². The Morgan fingerprint density at radius 3 is 1.84 bits per heavy atom. The van der Waals surface area contributed by atoms with Gasteiger partial charge >= 0.3 is 0 Å². The van der Waals surface area contributed by atoms with Gasteiger partial charge in [-0.15, -0.1) is 0 Å². The number of benzene rings is 1. The second-order valence-electron chi connectivity index (χ2n) is 7.56. The minimum atomic E-state index is 0.398. The van der Waals surface area contributed by atoms with Crippen LogP contribution < -0.4 is 5.32 Å². The van der Waals surface area contributed by atoms with E-state index in [-0.39, 0.29) is 0 Å². The molecule has 106 valence electrons. The highest BCUT2D eigenvalue weighted by atomic mass is 15.1. The quantitative estimate of drug-likeness (QED) is 0.830. The Morgan fingerprint density at radius 1 is 0.895 bits per heavy atom. The third-order valence-electron chi connectivity index (χ3n) is 5.79. The molecule has 1 nitrogen and oxygen atoms in total. The molecule has 0 saturated heterocycles. The molecule has 0 spiro atoms. The molecule has 0 radical (unpaired) electrons. The number of hydrogen-bond donors (Lipinski definition) is 1. The fourth-order valence-corrected chi connectivity index (χ4v) is 3.40. The number of rotatable bonds is 3. The van der Waals surface area contributed by atoms with Crippen molar-refractivity contribution in [2.75, 3.05) is 0 Å². The molecule has 1 heteroatoms. The maximum absolute atomic E-state index is 3.84. The zero-order valence-electron chi connectivity index (χ0n) is 13.8. The maximum atomic E-state index is 3.84. The first-order chi connectivity index (χ1) is 8.59. The van der Waals surface area contributed by atoms with Gasteiger partial charge in [-0.3, -0.25) is 0 Å². The monoisotopic (exact) mass is 259 g/mol. The van der Waals surface area contributed by atoms with E-state index in [0.29, 0.717) is 22.9 Å². The van der Waals surface area contributed by atoms with Crippen LogP contribution in [-0.2, 0) is 0 Å². The summed E-state index contributed by atoms with van der Waals surface area (Å²) in [6, 6.07) is 5.69. The van der Waals surface area contributed by atoms with Crippen LogP contribution >= 0.6 is 0 Å². The summed E-state index contributed by atoms with van der Waals surface area (Å²) in [6.07, 6.45) is 0. The zero-order valence-corrected chi connectivity index (χ0v) is 13.8. The maximum Gasteiger partial charge on any atom is 0.0297 e. The highest BCUT2D eigenvalue weighted by Crippen LogP contribution is 2.63. The van der Waals surface area contributed by atoms with E-state index in [2.05, 4.69) is 72.8 Å². The van der Waals surface area contributed by atoms with Crippen molar-refractivity contribution < 1.29 is 0 Å². The van der Waals surface area contributed by atoms with Crippen molar-refractivity contribution in [1.82, 2.24) is 5.32 Å². The molecule has 1 aromatic rings. The fourth-order valence-electron chi connectivity index (χ4n) is 3.40. The van der Waals surface area contributed by atoms with Crippen LogP contribution in [0.15, 0.2) is 12.1 Å². The summed E-state index contributed by atoms with van der Waals surface area (Å²) in [5, 5.41) is 3.84. The summed E-state index contributed by atoms with van der Waals surface area (Å²) in [7, 11) is 0. The molecule has 0 aliphatic heterocycles. The van der Waals surface area contributed by atoms with Crippen molar-refractivity contribution in [3.63, 3.8) is 0 Å². The molecule has 1 aliphatic carbocycles. The lowest BCUT2D eigenvalue weighted by molar-refractivity contribution is 0.457. The molecule has 1 aliphatic rings. The molecule has 1 saturated carbocycles. The van der Waals surface area contributed by atoms with E-state index in [1.807, 2.05) is 0 Å². The Morgan fingerprint density at radius 2 is 1.37 bits per heavy atom. The van der Waals surface area contributed by atoms with Gasteiger partial charge in [-0.2, -0.15) is 0 Å². The highest BCUT2D eigenvalue weighted by Gasteiger charge is 2.64. The summed E-state index contributed by atoms with van der Waals surface area (Å²) >= 11 is 0. The predicted molar refractivity (Wildman–Crippen MR) is 83.6 cm³/mol. The van der Waals surface area contributed by atoms with Crippen molar-refractivity contribution in [1.29, 1.82) is 0 Å². The van der Waals surface area contributed by atoms with Gasteiger partial charge in [0.1, 0.15) is 0 Å². The lowest BCUT2D eigenvalue weighted by Gasteiger charge is -2.20. The van der Waals surface area contributed by atoms with E-state index >= 15 is 0 Å². The molecule has 0 aromatic heterocycles. The van der Waals surface area contributed by atoms with Gasteiger partial charge in [0.25, 0.3) is 0 Å². The van der Waals surface area contributed by atoms with Crippen LogP contribution in [0.25, 0.3) is 0 Å². The highest BCUT2D eigenvalue weighted by molar-refractivity contribution is 5.38. The first-order valence-electron chi connectivity index (χ1n) is 7.43. The molecule has 1 atom stereocenters. The average molecular weight is 259 g/mol. The van der Waals surface area contributed by atoms with Crippen molar-refractivity contribution in [3.8, 4) is 0 Å². The number of hydrogen-bond acceptors (Lipinski definition) is 1. The lowest BCUT2D eigenvalue weighted by Crippen LogP contribution is -2.26. The van der Waals surface area contributed by atoms with E-state index in [1.165, 1.54) is 22.3 Å². The van der Waals surface area contributed by atoms with Crippen LogP contribution in [0, 0.1) is 31.6 Å². The van der Waals surface area contributed by atoms with E-state index in [0.717, 1.165) is 0 Å². The topological polar surface area (TPSA) is 12.0 Å². The van der Waals surface area contributed by atoms with E-state index in [9.17, 15) is 0 Å². The molecule has 2 rings (SSSR count). The Hall–Kier alpha value is -0.820. The van der Waals surface area contributed by atoms with Gasteiger partial charge in [-0.05, 0) is 60.8 Å². The summed E-state index contributed by atoms with van der Waals surface area (Å²) in [4.78, 5) is 0. The summed E-state index contributed by atoms with van der Waals surface area (Å²) < 4.78 is 0. The first kappa shape index (κ1) is 14.6. The second-order valence-corrected chi connectivity index (χ2v) is 7.56. The number of nitrogens with one attached hydrogen (secondary N) is 1. The molecule has 1 unspecified atom stereocenters. The molecule has 1 fully saturated rings. The van der Waals surface area contributed by atoms with Gasteiger partial charge in [0.15, 0.2) is 0 Å². The largest absolute Gasteiger partial charge is 0.306 e. The molecule has 0 amide bonds. The normalized spacial score (nSPS) is 22.3. The van der Waals surface area contributed by atoms with Gasteiger partial charge in [0, 0.05) is 12.1 Å². The SMILES string of the molecule is Cc1cc(C)c(C(C)NC2C(C)(C)C2(C)C)cc1C.